The van der Waals surface area contributed by atoms with Crippen molar-refractivity contribution < 1.29 is 14.3 Å². The van der Waals surface area contributed by atoms with E-state index in [9.17, 15) is 14.3 Å². The van der Waals surface area contributed by atoms with Crippen molar-refractivity contribution in [2.45, 2.75) is 25.8 Å². The highest BCUT2D eigenvalue weighted by atomic mass is 19.1. The number of nitrogens with two attached hydrogens (primary N) is 1. The first-order valence-electron chi connectivity index (χ1n) is 6.53. The van der Waals surface area contributed by atoms with E-state index >= 15 is 0 Å². The Morgan fingerprint density at radius 3 is 2.63 bits per heavy atom. The van der Waals surface area contributed by atoms with E-state index in [1.807, 2.05) is 6.92 Å². The molecule has 1 atom stereocenters. The van der Waals surface area contributed by atoms with E-state index in [0.29, 0.717) is 19.0 Å². The summed E-state index contributed by atoms with van der Waals surface area (Å²) in [6.07, 6.45) is 1.64. The number of piperidine rings is 1. The number of benzene rings is 1. The van der Waals surface area contributed by atoms with Crippen LogP contribution in [-0.2, 0) is 0 Å². The molecule has 0 spiro atoms. The number of phenolic OH excluding ortho intramolecular Hbond substituents is 1. The van der Waals surface area contributed by atoms with Crippen LogP contribution in [0.1, 0.15) is 30.1 Å². The SMILES string of the molecule is CC(N)C1CCN(C(=O)c2c(O)cccc2F)CC1. The van der Waals surface area contributed by atoms with Crippen molar-refractivity contribution in [2.24, 2.45) is 11.7 Å². The number of carbonyl (C=O) groups excluding carboxylic acids is 1. The molecular formula is C14H19FN2O2. The minimum absolute atomic E-state index is 0.110. The average molecular weight is 266 g/mol. The Kier molecular flexibility index (Phi) is 4.04. The summed E-state index contributed by atoms with van der Waals surface area (Å²) in [4.78, 5) is 13.8. The van der Waals surface area contributed by atoms with E-state index in [-0.39, 0.29) is 17.4 Å². The van der Waals surface area contributed by atoms with E-state index in [1.54, 1.807) is 4.90 Å². The van der Waals surface area contributed by atoms with E-state index < -0.39 is 11.7 Å². The van der Waals surface area contributed by atoms with Gasteiger partial charge >= 0.3 is 0 Å². The molecule has 0 radical (unpaired) electrons. The number of halogens is 1. The van der Waals surface area contributed by atoms with Gasteiger partial charge in [0.2, 0.25) is 0 Å². The lowest BCUT2D eigenvalue weighted by atomic mass is 9.90. The highest BCUT2D eigenvalue weighted by Crippen LogP contribution is 2.25. The fraction of sp³-hybridized carbons (Fsp3) is 0.500. The Hall–Kier alpha value is -1.62. The van der Waals surface area contributed by atoms with Gasteiger partial charge in [0, 0.05) is 19.1 Å². The standard InChI is InChI=1S/C14H19FN2O2/c1-9(16)10-5-7-17(8-6-10)14(19)13-11(15)3-2-4-12(13)18/h2-4,9-10,18H,5-8,16H2,1H3. The molecule has 0 aromatic heterocycles. The summed E-state index contributed by atoms with van der Waals surface area (Å²) in [5.74, 6) is -1.03. The van der Waals surface area contributed by atoms with Gasteiger partial charge in [-0.25, -0.2) is 4.39 Å². The Morgan fingerprint density at radius 2 is 2.11 bits per heavy atom. The van der Waals surface area contributed by atoms with Crippen LogP contribution in [0.4, 0.5) is 4.39 Å². The number of likely N-dealkylation sites (tertiary alicyclic amines) is 1. The molecule has 1 aliphatic rings. The van der Waals surface area contributed by atoms with Gasteiger partial charge in [0.1, 0.15) is 17.1 Å². The Bertz CT molecular complexity index is 448. The Labute approximate surface area is 112 Å². The molecule has 0 saturated carbocycles. The second kappa shape index (κ2) is 5.57. The molecule has 19 heavy (non-hydrogen) atoms. The van der Waals surface area contributed by atoms with Gasteiger partial charge in [-0.1, -0.05) is 6.07 Å². The van der Waals surface area contributed by atoms with Crippen LogP contribution < -0.4 is 5.73 Å². The predicted molar refractivity (Wildman–Crippen MR) is 70.3 cm³/mol. The molecule has 0 aliphatic carbocycles. The van der Waals surface area contributed by atoms with Crippen LogP contribution in [0.2, 0.25) is 0 Å². The normalized spacial score (nSPS) is 18.4. The minimum Gasteiger partial charge on any atom is -0.507 e. The lowest BCUT2D eigenvalue weighted by Gasteiger charge is -2.33. The van der Waals surface area contributed by atoms with Gasteiger partial charge < -0.3 is 15.7 Å². The number of hydrogen-bond acceptors (Lipinski definition) is 3. The van der Waals surface area contributed by atoms with Crippen LogP contribution in [0, 0.1) is 11.7 Å². The molecule has 1 saturated heterocycles. The zero-order valence-electron chi connectivity index (χ0n) is 11.0. The average Bonchev–Trinajstić information content (AvgIpc) is 2.38. The number of phenols is 1. The van der Waals surface area contributed by atoms with Crippen LogP contribution in [-0.4, -0.2) is 35.0 Å². The third kappa shape index (κ3) is 2.87. The summed E-state index contributed by atoms with van der Waals surface area (Å²) in [5.41, 5.74) is 5.61. The van der Waals surface area contributed by atoms with Crippen LogP contribution in [0.3, 0.4) is 0 Å². The lowest BCUT2D eigenvalue weighted by molar-refractivity contribution is 0.0673. The lowest BCUT2D eigenvalue weighted by Crippen LogP contribution is -2.42. The molecule has 1 amide bonds. The summed E-state index contributed by atoms with van der Waals surface area (Å²) < 4.78 is 13.6. The number of amides is 1. The molecule has 1 aromatic carbocycles. The molecule has 1 unspecified atom stereocenters. The highest BCUT2D eigenvalue weighted by molar-refractivity contribution is 5.97. The maximum Gasteiger partial charge on any atom is 0.260 e. The van der Waals surface area contributed by atoms with Gasteiger partial charge in [0.15, 0.2) is 0 Å². The molecule has 1 aliphatic heterocycles. The predicted octanol–water partition coefficient (Wildman–Crippen LogP) is 1.73. The maximum absolute atomic E-state index is 13.6. The van der Waals surface area contributed by atoms with Gasteiger partial charge in [-0.15, -0.1) is 0 Å². The summed E-state index contributed by atoms with van der Waals surface area (Å²) in [7, 11) is 0. The van der Waals surface area contributed by atoms with Crippen molar-refractivity contribution >= 4 is 5.91 Å². The molecule has 1 heterocycles. The summed E-state index contributed by atoms with van der Waals surface area (Å²) in [6, 6.07) is 4.00. The third-order valence-corrected chi connectivity index (χ3v) is 3.78. The highest BCUT2D eigenvalue weighted by Gasteiger charge is 2.28. The van der Waals surface area contributed by atoms with Gasteiger partial charge in [-0.05, 0) is 37.8 Å². The second-order valence-corrected chi connectivity index (χ2v) is 5.12. The van der Waals surface area contributed by atoms with Crippen LogP contribution in [0.5, 0.6) is 5.75 Å². The van der Waals surface area contributed by atoms with Gasteiger partial charge in [-0.2, -0.15) is 0 Å². The largest absolute Gasteiger partial charge is 0.507 e. The fourth-order valence-electron chi connectivity index (χ4n) is 2.51. The number of nitrogens with zero attached hydrogens (tertiary/aromatic N) is 1. The van der Waals surface area contributed by atoms with Crippen molar-refractivity contribution in [3.8, 4) is 5.75 Å². The molecule has 0 bridgehead atoms. The summed E-state index contributed by atoms with van der Waals surface area (Å²) >= 11 is 0. The zero-order valence-corrected chi connectivity index (χ0v) is 11.0. The molecule has 5 heteroatoms. The van der Waals surface area contributed by atoms with Crippen molar-refractivity contribution in [3.63, 3.8) is 0 Å². The number of carbonyl (C=O) groups is 1. The minimum atomic E-state index is -0.681. The first kappa shape index (κ1) is 13.8. The maximum atomic E-state index is 13.6. The van der Waals surface area contributed by atoms with Gasteiger partial charge in [-0.3, -0.25) is 4.79 Å². The molecular weight excluding hydrogens is 247 g/mol. The first-order chi connectivity index (χ1) is 9.00. The van der Waals surface area contributed by atoms with E-state index in [2.05, 4.69) is 0 Å². The van der Waals surface area contributed by atoms with Gasteiger partial charge in [0.05, 0.1) is 0 Å². The fourth-order valence-corrected chi connectivity index (χ4v) is 2.51. The van der Waals surface area contributed by atoms with Crippen molar-refractivity contribution in [1.29, 1.82) is 0 Å². The second-order valence-electron chi connectivity index (χ2n) is 5.12. The quantitative estimate of drug-likeness (QED) is 0.856. The van der Waals surface area contributed by atoms with Crippen LogP contribution in [0.15, 0.2) is 18.2 Å². The molecule has 1 fully saturated rings. The van der Waals surface area contributed by atoms with E-state index in [4.69, 9.17) is 5.73 Å². The number of hydrogen-bond donors (Lipinski definition) is 2. The van der Waals surface area contributed by atoms with Crippen molar-refractivity contribution in [2.75, 3.05) is 13.1 Å². The summed E-state index contributed by atoms with van der Waals surface area (Å²) in [6.45, 7) is 3.07. The molecule has 1 aromatic rings. The van der Waals surface area contributed by atoms with Crippen LogP contribution in [0.25, 0.3) is 0 Å². The van der Waals surface area contributed by atoms with E-state index in [1.165, 1.54) is 18.2 Å². The first-order valence-corrected chi connectivity index (χ1v) is 6.53. The smallest absolute Gasteiger partial charge is 0.260 e. The topological polar surface area (TPSA) is 66.6 Å². The van der Waals surface area contributed by atoms with E-state index in [0.717, 1.165) is 12.8 Å². The van der Waals surface area contributed by atoms with Gasteiger partial charge in [0.25, 0.3) is 5.91 Å². The molecule has 3 N–H and O–H groups in total. The molecule has 4 nitrogen and oxygen atoms in total. The summed E-state index contributed by atoms with van der Waals surface area (Å²) in [5, 5.41) is 9.63. The monoisotopic (exact) mass is 266 g/mol. The zero-order chi connectivity index (χ0) is 14.0. The Balaban J connectivity index is 2.10. The van der Waals surface area contributed by atoms with Crippen molar-refractivity contribution in [3.05, 3.63) is 29.6 Å². The number of aromatic hydroxyl groups is 1. The van der Waals surface area contributed by atoms with Crippen LogP contribution >= 0.6 is 0 Å². The van der Waals surface area contributed by atoms with Crippen molar-refractivity contribution in [1.82, 2.24) is 4.90 Å². The Morgan fingerprint density at radius 1 is 1.47 bits per heavy atom. The molecule has 104 valence electrons. The number of rotatable bonds is 2. The third-order valence-electron chi connectivity index (χ3n) is 3.78. The molecule has 2 rings (SSSR count).